The fraction of sp³-hybridized carbons (Fsp3) is 0.462. The van der Waals surface area contributed by atoms with E-state index in [1.165, 1.54) is 11.8 Å². The van der Waals surface area contributed by atoms with Crippen molar-refractivity contribution >= 4 is 44.8 Å². The molecule has 0 saturated carbocycles. The number of halogens is 1. The number of thioether (sulfide) groups is 1. The van der Waals surface area contributed by atoms with Crippen LogP contribution in [0, 0.1) is 6.92 Å². The first-order valence-corrected chi connectivity index (χ1v) is 9.48. The zero-order chi connectivity index (χ0) is 14.8. The van der Waals surface area contributed by atoms with Crippen molar-refractivity contribution in [3.8, 4) is 0 Å². The lowest BCUT2D eigenvalue weighted by molar-refractivity contribution is -0.113. The molecule has 20 heavy (non-hydrogen) atoms. The maximum atomic E-state index is 11.8. The normalized spacial score (nSPS) is 20.8. The topological polar surface area (TPSA) is 63.2 Å². The van der Waals surface area contributed by atoms with Crippen molar-refractivity contribution in [3.05, 3.63) is 28.8 Å². The first-order valence-electron chi connectivity index (χ1n) is 6.24. The van der Waals surface area contributed by atoms with E-state index in [1.807, 2.05) is 13.0 Å². The van der Waals surface area contributed by atoms with Crippen molar-refractivity contribution in [1.82, 2.24) is 0 Å². The molecule has 0 radical (unpaired) electrons. The molecule has 1 aromatic carbocycles. The van der Waals surface area contributed by atoms with E-state index in [0.717, 1.165) is 5.56 Å². The van der Waals surface area contributed by atoms with Crippen LogP contribution in [-0.4, -0.2) is 36.8 Å². The molecule has 1 aliphatic rings. The Kier molecular flexibility index (Phi) is 4.99. The van der Waals surface area contributed by atoms with Gasteiger partial charge in [0.05, 0.1) is 28.0 Å². The molecule has 1 N–H and O–H groups in total. The molecule has 1 fully saturated rings. The standard InChI is InChI=1S/C13H16ClNO3S2/c1-9-2-3-12(11(14)6-9)15-13(16)7-19-10-4-5-20(17,18)8-10/h2-3,6,10H,4-5,7-8H2,1H3,(H,15,16)/t10-/m0/s1. The maximum absolute atomic E-state index is 11.8. The van der Waals surface area contributed by atoms with Crippen LogP contribution in [0.1, 0.15) is 12.0 Å². The quantitative estimate of drug-likeness (QED) is 0.919. The molecule has 0 aromatic heterocycles. The van der Waals surface area contributed by atoms with Gasteiger partial charge in [-0.2, -0.15) is 0 Å². The molecule has 0 bridgehead atoms. The number of nitrogens with one attached hydrogen (secondary N) is 1. The van der Waals surface area contributed by atoms with Crippen LogP contribution in [0.25, 0.3) is 0 Å². The van der Waals surface area contributed by atoms with E-state index < -0.39 is 9.84 Å². The average molecular weight is 334 g/mol. The van der Waals surface area contributed by atoms with Gasteiger partial charge in [-0.05, 0) is 31.0 Å². The summed E-state index contributed by atoms with van der Waals surface area (Å²) in [5.74, 6) is 0.488. The summed E-state index contributed by atoms with van der Waals surface area (Å²) in [6, 6.07) is 5.42. The fourth-order valence-corrected chi connectivity index (χ4v) is 5.72. The Hall–Kier alpha value is -0.720. The third-order valence-corrected chi connectivity index (χ3v) is 6.63. The fourth-order valence-electron chi connectivity index (χ4n) is 1.99. The molecule has 1 saturated heterocycles. The second-order valence-corrected chi connectivity index (χ2v) is 8.79. The Balaban J connectivity index is 1.84. The van der Waals surface area contributed by atoms with Crippen LogP contribution in [0.3, 0.4) is 0 Å². The number of aryl methyl sites for hydroxylation is 1. The van der Waals surface area contributed by atoms with Crippen LogP contribution in [0.4, 0.5) is 5.69 Å². The lowest BCUT2D eigenvalue weighted by Gasteiger charge is -2.10. The third kappa shape index (κ3) is 4.40. The number of benzene rings is 1. The number of hydrogen-bond donors (Lipinski definition) is 1. The summed E-state index contributed by atoms with van der Waals surface area (Å²) in [7, 11) is -2.89. The summed E-state index contributed by atoms with van der Waals surface area (Å²) in [4.78, 5) is 11.8. The van der Waals surface area contributed by atoms with Gasteiger partial charge < -0.3 is 5.32 Å². The van der Waals surface area contributed by atoms with Gasteiger partial charge in [0.25, 0.3) is 0 Å². The Morgan fingerprint density at radius 3 is 2.85 bits per heavy atom. The Morgan fingerprint density at radius 2 is 2.25 bits per heavy atom. The van der Waals surface area contributed by atoms with Crippen LogP contribution in [0.5, 0.6) is 0 Å². The van der Waals surface area contributed by atoms with Crippen molar-refractivity contribution in [2.45, 2.75) is 18.6 Å². The molecule has 1 heterocycles. The van der Waals surface area contributed by atoms with Crippen LogP contribution in [-0.2, 0) is 14.6 Å². The van der Waals surface area contributed by atoms with Crippen molar-refractivity contribution < 1.29 is 13.2 Å². The molecule has 0 spiro atoms. The third-order valence-electron chi connectivity index (χ3n) is 3.04. The van der Waals surface area contributed by atoms with Crippen molar-refractivity contribution in [3.63, 3.8) is 0 Å². The summed E-state index contributed by atoms with van der Waals surface area (Å²) in [6.07, 6.45) is 0.631. The average Bonchev–Trinajstić information content (AvgIpc) is 2.70. The zero-order valence-electron chi connectivity index (χ0n) is 11.1. The number of sulfone groups is 1. The van der Waals surface area contributed by atoms with E-state index in [2.05, 4.69) is 5.32 Å². The number of carbonyl (C=O) groups is 1. The van der Waals surface area contributed by atoms with Crippen molar-refractivity contribution in [2.24, 2.45) is 0 Å². The van der Waals surface area contributed by atoms with Crippen molar-refractivity contribution in [1.29, 1.82) is 0 Å². The van der Waals surface area contributed by atoms with Gasteiger partial charge in [-0.15, -0.1) is 11.8 Å². The number of rotatable bonds is 4. The van der Waals surface area contributed by atoms with Gasteiger partial charge in [-0.3, -0.25) is 4.79 Å². The minimum atomic E-state index is -2.89. The number of amides is 1. The van der Waals surface area contributed by atoms with E-state index in [4.69, 9.17) is 11.6 Å². The first kappa shape index (κ1) is 15.7. The molecular formula is C13H16ClNO3S2. The summed E-state index contributed by atoms with van der Waals surface area (Å²) >= 11 is 7.43. The van der Waals surface area contributed by atoms with Gasteiger partial charge in [0.15, 0.2) is 9.84 Å². The van der Waals surface area contributed by atoms with E-state index in [0.29, 0.717) is 17.1 Å². The second kappa shape index (κ2) is 6.37. The van der Waals surface area contributed by atoms with Gasteiger partial charge in [0.1, 0.15) is 0 Å². The van der Waals surface area contributed by atoms with E-state index in [9.17, 15) is 13.2 Å². The second-order valence-electron chi connectivity index (χ2n) is 4.87. The van der Waals surface area contributed by atoms with Crippen LogP contribution in [0.2, 0.25) is 5.02 Å². The highest BCUT2D eigenvalue weighted by Gasteiger charge is 2.28. The largest absolute Gasteiger partial charge is 0.324 e. The van der Waals surface area contributed by atoms with Gasteiger partial charge in [-0.1, -0.05) is 17.7 Å². The van der Waals surface area contributed by atoms with Crippen molar-refractivity contribution in [2.75, 3.05) is 22.6 Å². The molecule has 0 unspecified atom stereocenters. The van der Waals surface area contributed by atoms with Gasteiger partial charge in [0, 0.05) is 5.25 Å². The molecule has 1 atom stereocenters. The van der Waals surface area contributed by atoms with Crippen LogP contribution in [0.15, 0.2) is 18.2 Å². The van der Waals surface area contributed by atoms with Crippen LogP contribution < -0.4 is 5.32 Å². The molecule has 0 aliphatic carbocycles. The number of hydrogen-bond acceptors (Lipinski definition) is 4. The monoisotopic (exact) mass is 333 g/mol. The summed E-state index contributed by atoms with van der Waals surface area (Å²) in [5.41, 5.74) is 1.61. The molecule has 7 heteroatoms. The smallest absolute Gasteiger partial charge is 0.234 e. The minimum absolute atomic E-state index is 0.0271. The van der Waals surface area contributed by atoms with Gasteiger partial charge >= 0.3 is 0 Å². The highest BCUT2D eigenvalue weighted by molar-refractivity contribution is 8.02. The molecule has 1 aromatic rings. The lowest BCUT2D eigenvalue weighted by atomic mass is 10.2. The highest BCUT2D eigenvalue weighted by Crippen LogP contribution is 2.26. The maximum Gasteiger partial charge on any atom is 0.234 e. The molecule has 1 aliphatic heterocycles. The highest BCUT2D eigenvalue weighted by atomic mass is 35.5. The minimum Gasteiger partial charge on any atom is -0.324 e. The Bertz CT molecular complexity index is 616. The Morgan fingerprint density at radius 1 is 1.50 bits per heavy atom. The molecule has 2 rings (SSSR count). The molecule has 110 valence electrons. The predicted molar refractivity (Wildman–Crippen MR) is 84.3 cm³/mol. The zero-order valence-corrected chi connectivity index (χ0v) is 13.4. The van der Waals surface area contributed by atoms with E-state index in [-0.39, 0.29) is 28.4 Å². The van der Waals surface area contributed by atoms with E-state index >= 15 is 0 Å². The lowest BCUT2D eigenvalue weighted by Crippen LogP contribution is -2.17. The predicted octanol–water partition coefficient (Wildman–Crippen LogP) is 2.51. The Labute approximate surface area is 128 Å². The van der Waals surface area contributed by atoms with Gasteiger partial charge in [0.2, 0.25) is 5.91 Å². The summed E-state index contributed by atoms with van der Waals surface area (Å²) < 4.78 is 22.6. The number of anilines is 1. The van der Waals surface area contributed by atoms with Gasteiger partial charge in [-0.25, -0.2) is 8.42 Å². The molecule has 4 nitrogen and oxygen atoms in total. The summed E-state index contributed by atoms with van der Waals surface area (Å²) in [6.45, 7) is 1.92. The van der Waals surface area contributed by atoms with Crippen LogP contribution >= 0.6 is 23.4 Å². The van der Waals surface area contributed by atoms with E-state index in [1.54, 1.807) is 12.1 Å². The summed E-state index contributed by atoms with van der Waals surface area (Å²) in [5, 5.41) is 3.27. The molecule has 1 amide bonds. The SMILES string of the molecule is Cc1ccc(NC(=O)CS[C@H]2CCS(=O)(=O)C2)c(Cl)c1. The number of carbonyl (C=O) groups excluding carboxylic acids is 1. The molecular weight excluding hydrogens is 318 g/mol. The first-order chi connectivity index (χ1) is 9.35.